The van der Waals surface area contributed by atoms with Gasteiger partial charge < -0.3 is 21.4 Å². The van der Waals surface area contributed by atoms with E-state index in [0.29, 0.717) is 16.7 Å². The van der Waals surface area contributed by atoms with E-state index in [1.165, 1.54) is 0 Å². The number of carbonyl (C=O) groups excluding carboxylic acids is 1. The van der Waals surface area contributed by atoms with E-state index in [1.807, 2.05) is 24.4 Å². The number of benzene rings is 1. The second-order valence-electron chi connectivity index (χ2n) is 9.99. The fourth-order valence-electron chi connectivity index (χ4n) is 5.97. The average molecular weight is 451 g/mol. The second kappa shape index (κ2) is 7.18. The number of H-pyrrole nitrogens is 1. The first kappa shape index (κ1) is 20.0. The third-order valence-corrected chi connectivity index (χ3v) is 7.76. The van der Waals surface area contributed by atoms with E-state index in [0.717, 1.165) is 61.4 Å². The van der Waals surface area contributed by atoms with Crippen LogP contribution in [0.1, 0.15) is 44.9 Å². The highest BCUT2D eigenvalue weighted by molar-refractivity contribution is 6.33. The van der Waals surface area contributed by atoms with Gasteiger partial charge in [-0.05, 0) is 51.0 Å². The molecule has 0 spiro atoms. The minimum Gasteiger partial charge on any atom is -0.360 e. The first-order valence-electron chi connectivity index (χ1n) is 11.4. The number of nitrogens with one attached hydrogen (secondary N) is 3. The van der Waals surface area contributed by atoms with Gasteiger partial charge in [-0.15, -0.1) is 0 Å². The summed E-state index contributed by atoms with van der Waals surface area (Å²) in [5.74, 6) is 0.760. The lowest BCUT2D eigenvalue weighted by molar-refractivity contribution is -0.173. The summed E-state index contributed by atoms with van der Waals surface area (Å²) >= 11 is 6.46. The van der Waals surface area contributed by atoms with Crippen molar-refractivity contribution in [2.45, 2.75) is 62.6 Å². The van der Waals surface area contributed by atoms with Crippen molar-refractivity contribution in [1.29, 1.82) is 0 Å². The fraction of sp³-hybridized carbons (Fsp3) is 0.458. The highest BCUT2D eigenvalue weighted by Gasteiger charge is 2.69. The molecule has 2 aromatic heterocycles. The Hall–Kier alpha value is -2.64. The lowest BCUT2D eigenvalue weighted by atomic mass is 9.39. The van der Waals surface area contributed by atoms with Crippen LogP contribution < -0.4 is 16.4 Å². The number of fused-ring (bicyclic) bond motifs is 1. The molecule has 2 bridgehead atoms. The number of rotatable bonds is 5. The van der Waals surface area contributed by atoms with Crippen LogP contribution in [-0.2, 0) is 4.79 Å². The Bertz CT molecular complexity index is 1190. The maximum atomic E-state index is 12.8. The van der Waals surface area contributed by atoms with Crippen molar-refractivity contribution >= 4 is 34.4 Å². The SMILES string of the molecule is NC12CC(C(=O)NC3CCCC(Nc4ncc(Cl)c(-c5c[nH]c6ccccc56)n4)C3)(C1)C2. The van der Waals surface area contributed by atoms with Gasteiger partial charge in [-0.3, -0.25) is 4.79 Å². The molecule has 4 fully saturated rings. The number of hydrogen-bond acceptors (Lipinski definition) is 5. The summed E-state index contributed by atoms with van der Waals surface area (Å²) in [6.45, 7) is 0. The molecule has 4 saturated carbocycles. The van der Waals surface area contributed by atoms with Crippen LogP contribution in [-0.4, -0.2) is 38.5 Å². The summed E-state index contributed by atoms with van der Waals surface area (Å²) in [7, 11) is 0. The van der Waals surface area contributed by atoms with Gasteiger partial charge in [-0.25, -0.2) is 9.97 Å². The molecule has 166 valence electrons. The van der Waals surface area contributed by atoms with Gasteiger partial charge in [0.15, 0.2) is 0 Å². The quantitative estimate of drug-likeness (QED) is 0.469. The lowest BCUT2D eigenvalue weighted by Gasteiger charge is -2.67. The topological polar surface area (TPSA) is 109 Å². The van der Waals surface area contributed by atoms with Gasteiger partial charge in [-0.1, -0.05) is 29.8 Å². The van der Waals surface area contributed by atoms with E-state index in [9.17, 15) is 4.79 Å². The summed E-state index contributed by atoms with van der Waals surface area (Å²) in [6.07, 6.45) is 10.1. The van der Waals surface area contributed by atoms with Crippen LogP contribution in [0.15, 0.2) is 36.7 Å². The number of amides is 1. The van der Waals surface area contributed by atoms with Crippen molar-refractivity contribution < 1.29 is 4.79 Å². The number of hydrogen-bond donors (Lipinski definition) is 4. The van der Waals surface area contributed by atoms with Gasteiger partial charge >= 0.3 is 0 Å². The van der Waals surface area contributed by atoms with Crippen LogP contribution in [0.5, 0.6) is 0 Å². The number of para-hydroxylation sites is 1. The minimum atomic E-state index is -0.178. The zero-order valence-corrected chi connectivity index (χ0v) is 18.6. The Kier molecular flexibility index (Phi) is 4.49. The van der Waals surface area contributed by atoms with Crippen LogP contribution in [0.3, 0.4) is 0 Å². The number of halogens is 1. The molecule has 32 heavy (non-hydrogen) atoms. The molecular formula is C24H27ClN6O. The first-order valence-corrected chi connectivity index (χ1v) is 11.8. The van der Waals surface area contributed by atoms with E-state index in [4.69, 9.17) is 22.3 Å². The molecule has 3 aromatic rings. The number of aromatic amines is 1. The average Bonchev–Trinajstić information content (AvgIpc) is 3.16. The molecule has 2 atom stereocenters. The van der Waals surface area contributed by atoms with Gasteiger partial charge in [0.1, 0.15) is 0 Å². The Labute approximate surface area is 191 Å². The first-order chi connectivity index (χ1) is 15.4. The van der Waals surface area contributed by atoms with Gasteiger partial charge in [0.25, 0.3) is 0 Å². The van der Waals surface area contributed by atoms with Crippen molar-refractivity contribution in [3.8, 4) is 11.3 Å². The van der Waals surface area contributed by atoms with Crippen LogP contribution in [0.2, 0.25) is 5.02 Å². The highest BCUT2D eigenvalue weighted by atomic mass is 35.5. The molecule has 2 heterocycles. The van der Waals surface area contributed by atoms with Gasteiger partial charge in [-0.2, -0.15) is 0 Å². The molecule has 7 rings (SSSR count). The smallest absolute Gasteiger partial charge is 0.226 e. The van der Waals surface area contributed by atoms with E-state index < -0.39 is 0 Å². The van der Waals surface area contributed by atoms with Crippen molar-refractivity contribution in [3.63, 3.8) is 0 Å². The normalized spacial score (nSPS) is 30.9. The van der Waals surface area contributed by atoms with Crippen LogP contribution in [0.25, 0.3) is 22.2 Å². The Morgan fingerprint density at radius 2 is 1.97 bits per heavy atom. The summed E-state index contributed by atoms with van der Waals surface area (Å²) in [6, 6.07) is 8.47. The Morgan fingerprint density at radius 3 is 2.78 bits per heavy atom. The van der Waals surface area contributed by atoms with Gasteiger partial charge in [0.05, 0.1) is 22.3 Å². The third-order valence-electron chi connectivity index (χ3n) is 7.48. The number of carbonyl (C=O) groups is 1. The fourth-order valence-corrected chi connectivity index (χ4v) is 6.17. The molecular weight excluding hydrogens is 424 g/mol. The molecule has 7 nitrogen and oxygen atoms in total. The predicted octanol–water partition coefficient (Wildman–Crippen LogP) is 4.00. The zero-order valence-electron chi connectivity index (χ0n) is 17.8. The lowest BCUT2D eigenvalue weighted by Crippen LogP contribution is -2.76. The maximum absolute atomic E-state index is 12.8. The summed E-state index contributed by atoms with van der Waals surface area (Å²) in [5.41, 5.74) is 8.61. The molecule has 0 saturated heterocycles. The second-order valence-corrected chi connectivity index (χ2v) is 10.4. The van der Waals surface area contributed by atoms with Crippen molar-refractivity contribution in [1.82, 2.24) is 20.3 Å². The molecule has 1 aromatic carbocycles. The molecule has 4 aliphatic rings. The van der Waals surface area contributed by atoms with E-state index in [-0.39, 0.29) is 28.9 Å². The van der Waals surface area contributed by atoms with Crippen LogP contribution >= 0.6 is 11.6 Å². The third kappa shape index (κ3) is 3.26. The van der Waals surface area contributed by atoms with Crippen molar-refractivity contribution in [3.05, 3.63) is 41.7 Å². The summed E-state index contributed by atoms with van der Waals surface area (Å²) in [4.78, 5) is 25.2. The Morgan fingerprint density at radius 1 is 1.19 bits per heavy atom. The minimum absolute atomic E-state index is 0.0532. The largest absolute Gasteiger partial charge is 0.360 e. The van der Waals surface area contributed by atoms with E-state index in [2.05, 4.69) is 26.7 Å². The monoisotopic (exact) mass is 450 g/mol. The number of nitrogens with two attached hydrogens (primary N) is 1. The zero-order chi connectivity index (χ0) is 21.9. The summed E-state index contributed by atoms with van der Waals surface area (Å²) in [5, 5.41) is 8.37. The molecule has 0 radical (unpaired) electrons. The predicted molar refractivity (Wildman–Crippen MR) is 125 cm³/mol. The molecule has 2 unspecified atom stereocenters. The number of aromatic nitrogens is 3. The maximum Gasteiger partial charge on any atom is 0.226 e. The summed E-state index contributed by atoms with van der Waals surface area (Å²) < 4.78 is 0. The van der Waals surface area contributed by atoms with Gasteiger partial charge in [0.2, 0.25) is 11.9 Å². The molecule has 5 N–H and O–H groups in total. The van der Waals surface area contributed by atoms with Crippen LogP contribution in [0, 0.1) is 5.41 Å². The molecule has 0 aliphatic heterocycles. The van der Waals surface area contributed by atoms with Crippen LogP contribution in [0.4, 0.5) is 5.95 Å². The molecule has 4 aliphatic carbocycles. The van der Waals surface area contributed by atoms with Crippen molar-refractivity contribution in [2.24, 2.45) is 11.1 Å². The number of anilines is 1. The molecule has 8 heteroatoms. The standard InChI is InChI=1S/C24H27ClN6O/c25-18-10-28-22(31-20(18)17-9-27-19-7-2-1-6-16(17)19)30-15-5-3-4-14(8-15)29-21(32)23-11-24(26,12-23)13-23/h1-2,6-7,9-10,14-15,27H,3-5,8,11-13,26H2,(H,29,32)(H,28,30,31). The highest BCUT2D eigenvalue weighted by Crippen LogP contribution is 2.65. The molecule has 1 amide bonds. The van der Waals surface area contributed by atoms with E-state index in [1.54, 1.807) is 6.20 Å². The van der Waals surface area contributed by atoms with Crippen molar-refractivity contribution in [2.75, 3.05) is 5.32 Å². The van der Waals surface area contributed by atoms with E-state index >= 15 is 0 Å². The Balaban J connectivity index is 1.15. The number of nitrogens with zero attached hydrogens (tertiary/aromatic N) is 2. The van der Waals surface area contributed by atoms with Gasteiger partial charge in [0, 0.05) is 40.3 Å².